The number of rotatable bonds is 11. The van der Waals surface area contributed by atoms with Crippen LogP contribution in [0.5, 0.6) is 5.75 Å². The molecule has 0 radical (unpaired) electrons. The van der Waals surface area contributed by atoms with Gasteiger partial charge in [0.1, 0.15) is 32.0 Å². The second-order valence-electron chi connectivity index (χ2n) is 6.56. The lowest BCUT2D eigenvalue weighted by atomic mass is 10.1. The summed E-state index contributed by atoms with van der Waals surface area (Å²) in [7, 11) is 0. The lowest BCUT2D eigenvalue weighted by Crippen LogP contribution is -2.33. The Kier molecular flexibility index (Phi) is 9.14. The Morgan fingerprint density at radius 1 is 1.08 bits per heavy atom. The predicted molar refractivity (Wildman–Crippen MR) is 98.4 cm³/mol. The Labute approximate surface area is 155 Å². The van der Waals surface area contributed by atoms with E-state index >= 15 is 0 Å². The molecule has 6 nitrogen and oxygen atoms in total. The summed E-state index contributed by atoms with van der Waals surface area (Å²) >= 11 is 0. The van der Waals surface area contributed by atoms with E-state index in [2.05, 4.69) is 4.90 Å². The molecule has 6 heteroatoms. The number of ether oxygens (including phenoxy) is 3. The van der Waals surface area contributed by atoms with Crippen LogP contribution in [-0.4, -0.2) is 62.7 Å². The molecule has 0 saturated carbocycles. The highest BCUT2D eigenvalue weighted by molar-refractivity contribution is 5.96. The minimum absolute atomic E-state index is 0.0390. The molecule has 1 heterocycles. The van der Waals surface area contributed by atoms with Gasteiger partial charge in [0, 0.05) is 6.54 Å². The van der Waals surface area contributed by atoms with E-state index in [1.54, 1.807) is 0 Å². The molecular formula is C20H29NO5. The quantitative estimate of drug-likeness (QED) is 0.342. The van der Waals surface area contributed by atoms with E-state index in [0.29, 0.717) is 6.61 Å². The molecule has 0 unspecified atom stereocenters. The molecule has 0 bridgehead atoms. The van der Waals surface area contributed by atoms with Crippen LogP contribution in [0.3, 0.4) is 0 Å². The van der Waals surface area contributed by atoms with E-state index < -0.39 is 5.97 Å². The average Bonchev–Trinajstić information content (AvgIpc) is 2.63. The minimum Gasteiger partial charge on any atom is -0.490 e. The molecule has 1 aromatic carbocycles. The van der Waals surface area contributed by atoms with Crippen molar-refractivity contribution in [1.29, 1.82) is 0 Å². The third kappa shape index (κ3) is 8.45. The first kappa shape index (κ1) is 20.4. The number of ketones is 1. The number of esters is 1. The molecule has 1 fully saturated rings. The van der Waals surface area contributed by atoms with Gasteiger partial charge >= 0.3 is 5.97 Å². The highest BCUT2D eigenvalue weighted by Gasteiger charge is 2.12. The lowest BCUT2D eigenvalue weighted by molar-refractivity contribution is -0.147. The molecule has 1 aliphatic rings. The van der Waals surface area contributed by atoms with E-state index in [0.717, 1.165) is 30.9 Å². The van der Waals surface area contributed by atoms with Gasteiger partial charge in [-0.3, -0.25) is 9.59 Å². The number of piperidine rings is 1. The van der Waals surface area contributed by atoms with Gasteiger partial charge in [-0.15, -0.1) is 0 Å². The molecule has 144 valence electrons. The topological polar surface area (TPSA) is 65.1 Å². The van der Waals surface area contributed by atoms with Crippen LogP contribution in [-0.2, 0) is 19.1 Å². The summed E-state index contributed by atoms with van der Waals surface area (Å²) in [6, 6.07) is 7.64. The highest BCUT2D eigenvalue weighted by Crippen LogP contribution is 2.12. The molecule has 0 amide bonds. The van der Waals surface area contributed by atoms with Crippen molar-refractivity contribution in [1.82, 2.24) is 4.90 Å². The summed E-state index contributed by atoms with van der Waals surface area (Å²) in [5.74, 6) is -0.0602. The maximum atomic E-state index is 11.7. The molecule has 0 aliphatic carbocycles. The number of hydrogen-bond acceptors (Lipinski definition) is 6. The van der Waals surface area contributed by atoms with E-state index in [1.165, 1.54) is 19.3 Å². The van der Waals surface area contributed by atoms with Crippen LogP contribution in [0.25, 0.3) is 0 Å². The maximum absolute atomic E-state index is 11.7. The number of benzene rings is 1. The third-order valence-electron chi connectivity index (χ3n) is 4.21. The third-order valence-corrected chi connectivity index (χ3v) is 4.21. The van der Waals surface area contributed by atoms with Gasteiger partial charge in [0.25, 0.3) is 0 Å². The summed E-state index contributed by atoms with van der Waals surface area (Å²) in [6.45, 7) is 5.89. The van der Waals surface area contributed by atoms with Crippen LogP contribution >= 0.6 is 0 Å². The molecule has 1 saturated heterocycles. The van der Waals surface area contributed by atoms with E-state index in [1.807, 2.05) is 31.2 Å². The summed E-state index contributed by atoms with van der Waals surface area (Å²) in [5.41, 5.74) is 1.10. The van der Waals surface area contributed by atoms with Gasteiger partial charge in [-0.2, -0.15) is 0 Å². The zero-order valence-corrected chi connectivity index (χ0v) is 15.6. The molecule has 2 rings (SSSR count). The zero-order valence-electron chi connectivity index (χ0n) is 15.6. The summed E-state index contributed by atoms with van der Waals surface area (Å²) in [5, 5.41) is 0. The second-order valence-corrected chi connectivity index (χ2v) is 6.56. The van der Waals surface area contributed by atoms with Crippen molar-refractivity contribution >= 4 is 11.8 Å². The number of hydrogen-bond donors (Lipinski definition) is 0. The van der Waals surface area contributed by atoms with Crippen LogP contribution in [0, 0.1) is 6.92 Å². The van der Waals surface area contributed by atoms with Crippen LogP contribution in [0.2, 0.25) is 0 Å². The SMILES string of the molecule is Cc1cccc(OCCOC(=O)CC(=O)COCCN2CCCCC2)c1. The Hall–Kier alpha value is -1.92. The molecule has 0 atom stereocenters. The van der Waals surface area contributed by atoms with E-state index in [4.69, 9.17) is 14.2 Å². The predicted octanol–water partition coefficient (Wildman–Crippen LogP) is 2.38. The normalized spacial score (nSPS) is 14.8. The number of carbonyl (C=O) groups is 2. The molecule has 0 spiro atoms. The minimum atomic E-state index is -0.539. The number of likely N-dealkylation sites (tertiary alicyclic amines) is 1. The second kappa shape index (κ2) is 11.6. The maximum Gasteiger partial charge on any atom is 0.313 e. The smallest absolute Gasteiger partial charge is 0.313 e. The Morgan fingerprint density at radius 3 is 2.65 bits per heavy atom. The van der Waals surface area contributed by atoms with Crippen molar-refractivity contribution in [3.05, 3.63) is 29.8 Å². The van der Waals surface area contributed by atoms with E-state index in [9.17, 15) is 9.59 Å². The number of nitrogens with zero attached hydrogens (tertiary/aromatic N) is 1. The Balaban J connectivity index is 1.48. The number of Topliss-reactive ketones (excluding diaryl/α,β-unsaturated/α-hetero) is 1. The molecular weight excluding hydrogens is 334 g/mol. The van der Waals surface area contributed by atoms with Crippen molar-refractivity contribution in [2.24, 2.45) is 0 Å². The fourth-order valence-electron chi connectivity index (χ4n) is 2.85. The van der Waals surface area contributed by atoms with Crippen molar-refractivity contribution in [3.8, 4) is 5.75 Å². The standard InChI is InChI=1S/C20H29NO5/c1-17-6-5-7-19(14-17)25-12-13-26-20(23)15-18(22)16-24-11-10-21-8-3-2-4-9-21/h5-7,14H,2-4,8-13,15-16H2,1H3. The zero-order chi connectivity index (χ0) is 18.6. The molecule has 1 aromatic rings. The molecule has 0 aromatic heterocycles. The van der Waals surface area contributed by atoms with Crippen LogP contribution in [0.4, 0.5) is 0 Å². The van der Waals surface area contributed by atoms with Crippen LogP contribution in [0.15, 0.2) is 24.3 Å². The molecule has 1 aliphatic heterocycles. The highest BCUT2D eigenvalue weighted by atomic mass is 16.6. The van der Waals surface area contributed by atoms with Gasteiger partial charge in [0.2, 0.25) is 0 Å². The largest absolute Gasteiger partial charge is 0.490 e. The van der Waals surface area contributed by atoms with Gasteiger partial charge in [-0.05, 0) is 50.6 Å². The fraction of sp³-hybridized carbons (Fsp3) is 0.600. The average molecular weight is 363 g/mol. The van der Waals surface area contributed by atoms with Gasteiger partial charge < -0.3 is 19.1 Å². The fourth-order valence-corrected chi connectivity index (χ4v) is 2.85. The lowest BCUT2D eigenvalue weighted by Gasteiger charge is -2.25. The van der Waals surface area contributed by atoms with Crippen molar-refractivity contribution in [2.75, 3.05) is 46.1 Å². The first-order chi connectivity index (χ1) is 12.6. The summed E-state index contributed by atoms with van der Waals surface area (Å²) < 4.78 is 15.9. The van der Waals surface area contributed by atoms with Gasteiger partial charge in [0.15, 0.2) is 5.78 Å². The monoisotopic (exact) mass is 363 g/mol. The van der Waals surface area contributed by atoms with Gasteiger partial charge in [-0.25, -0.2) is 0 Å². The van der Waals surface area contributed by atoms with E-state index in [-0.39, 0.29) is 32.0 Å². The molecule has 26 heavy (non-hydrogen) atoms. The van der Waals surface area contributed by atoms with Gasteiger partial charge in [-0.1, -0.05) is 18.6 Å². The first-order valence-electron chi connectivity index (χ1n) is 9.30. The number of aryl methyl sites for hydroxylation is 1. The summed E-state index contributed by atoms with van der Waals surface area (Å²) in [6.07, 6.45) is 3.51. The Morgan fingerprint density at radius 2 is 1.88 bits per heavy atom. The summed E-state index contributed by atoms with van der Waals surface area (Å²) in [4.78, 5) is 25.7. The van der Waals surface area contributed by atoms with Crippen LogP contribution < -0.4 is 4.74 Å². The van der Waals surface area contributed by atoms with Crippen molar-refractivity contribution < 1.29 is 23.8 Å². The molecule has 0 N–H and O–H groups in total. The van der Waals surface area contributed by atoms with Gasteiger partial charge in [0.05, 0.1) is 6.61 Å². The Bertz CT molecular complexity index is 569. The van der Waals surface area contributed by atoms with Crippen molar-refractivity contribution in [2.45, 2.75) is 32.6 Å². The number of carbonyl (C=O) groups excluding carboxylic acids is 2. The first-order valence-corrected chi connectivity index (χ1v) is 9.30. The van der Waals surface area contributed by atoms with Crippen molar-refractivity contribution in [3.63, 3.8) is 0 Å². The van der Waals surface area contributed by atoms with Crippen LogP contribution in [0.1, 0.15) is 31.2 Å².